The van der Waals surface area contributed by atoms with Gasteiger partial charge in [-0.2, -0.15) is 0 Å². The molecule has 1 atom stereocenters. The minimum Gasteiger partial charge on any atom is -0.481 e. The summed E-state index contributed by atoms with van der Waals surface area (Å²) in [6.07, 6.45) is 0.446. The molecule has 1 unspecified atom stereocenters. The average Bonchev–Trinajstić information content (AvgIpc) is 3.17. The number of aromatic amines is 1. The number of carboxylic acids is 1. The van der Waals surface area contributed by atoms with Crippen LogP contribution >= 0.6 is 0 Å². The number of nitrogens with zero attached hydrogens (tertiary/aromatic N) is 1. The number of aliphatic carboxylic acids is 1. The van der Waals surface area contributed by atoms with Crippen molar-refractivity contribution in [3.05, 3.63) is 59.9 Å². The predicted octanol–water partition coefficient (Wildman–Crippen LogP) is 4.36. The summed E-state index contributed by atoms with van der Waals surface area (Å²) in [4.78, 5) is 29.1. The van der Waals surface area contributed by atoms with Crippen molar-refractivity contribution in [3.63, 3.8) is 0 Å². The van der Waals surface area contributed by atoms with Crippen LogP contribution in [-0.2, 0) is 14.6 Å². The van der Waals surface area contributed by atoms with Gasteiger partial charge in [-0.05, 0) is 49.1 Å². The molecule has 1 saturated heterocycles. The first-order chi connectivity index (χ1) is 16.2. The average molecular weight is 488 g/mol. The molecule has 180 valence electrons. The SMILES string of the molecule is CC(CC(=O)O)c1c(NC(=O)N2CCC(S(=O)(=O)c3ccc(F)cc3)CC2)[nH]c2ccccc12. The molecule has 1 aliphatic heterocycles. The van der Waals surface area contributed by atoms with Gasteiger partial charge in [-0.3, -0.25) is 10.1 Å². The highest BCUT2D eigenvalue weighted by Gasteiger charge is 2.33. The zero-order valence-electron chi connectivity index (χ0n) is 18.6. The Morgan fingerprint density at radius 1 is 1.15 bits per heavy atom. The number of carboxylic acid groups (broad SMARTS) is 1. The molecule has 0 spiro atoms. The molecule has 4 rings (SSSR count). The predicted molar refractivity (Wildman–Crippen MR) is 126 cm³/mol. The second-order valence-corrected chi connectivity index (χ2v) is 10.8. The molecule has 34 heavy (non-hydrogen) atoms. The molecule has 10 heteroatoms. The quantitative estimate of drug-likeness (QED) is 0.447. The lowest BCUT2D eigenvalue weighted by Crippen LogP contribution is -2.44. The molecule has 8 nitrogen and oxygen atoms in total. The van der Waals surface area contributed by atoms with Gasteiger partial charge in [0.2, 0.25) is 0 Å². The van der Waals surface area contributed by atoms with E-state index in [9.17, 15) is 27.5 Å². The molecule has 0 saturated carbocycles. The molecule has 2 amide bonds. The first-order valence-corrected chi connectivity index (χ1v) is 12.6. The van der Waals surface area contributed by atoms with Crippen molar-refractivity contribution >= 4 is 38.6 Å². The number of carbonyl (C=O) groups is 2. The lowest BCUT2D eigenvalue weighted by molar-refractivity contribution is -0.137. The van der Waals surface area contributed by atoms with Gasteiger partial charge in [0.15, 0.2) is 9.84 Å². The van der Waals surface area contributed by atoms with E-state index in [0.717, 1.165) is 28.6 Å². The van der Waals surface area contributed by atoms with Gasteiger partial charge in [0.1, 0.15) is 11.6 Å². The fraction of sp³-hybridized carbons (Fsp3) is 0.333. The van der Waals surface area contributed by atoms with E-state index in [4.69, 9.17) is 0 Å². The minimum absolute atomic E-state index is 0.0759. The van der Waals surface area contributed by atoms with Crippen LogP contribution in [0.5, 0.6) is 0 Å². The number of urea groups is 1. The molecule has 0 aliphatic carbocycles. The van der Waals surface area contributed by atoms with Gasteiger partial charge >= 0.3 is 12.0 Å². The smallest absolute Gasteiger partial charge is 0.322 e. The summed E-state index contributed by atoms with van der Waals surface area (Å²) in [5.41, 5.74) is 1.51. The van der Waals surface area contributed by atoms with E-state index in [1.54, 1.807) is 11.8 Å². The third kappa shape index (κ3) is 4.77. The molecule has 2 heterocycles. The number of anilines is 1. The molecule has 2 aromatic carbocycles. The molecule has 1 aliphatic rings. The van der Waals surface area contributed by atoms with Crippen LogP contribution in [0, 0.1) is 5.82 Å². The standard InChI is InChI=1S/C24H26FN3O5S/c1-15(14-21(29)30)22-19-4-2-3-5-20(19)26-23(22)27-24(31)28-12-10-18(11-13-28)34(32,33)17-8-6-16(25)7-9-17/h2-9,15,18,26H,10-14H2,1H3,(H,27,31)(H,29,30). The summed E-state index contributed by atoms with van der Waals surface area (Å²) < 4.78 is 38.9. The summed E-state index contributed by atoms with van der Waals surface area (Å²) in [7, 11) is -3.62. The molecule has 0 bridgehead atoms. The van der Waals surface area contributed by atoms with Gasteiger partial charge < -0.3 is 15.0 Å². The van der Waals surface area contributed by atoms with Gasteiger partial charge in [-0.15, -0.1) is 0 Å². The number of piperidine rings is 1. The molecular weight excluding hydrogens is 461 g/mol. The maximum atomic E-state index is 13.2. The van der Waals surface area contributed by atoms with Gasteiger partial charge in [-0.25, -0.2) is 17.6 Å². The first kappa shape index (κ1) is 23.7. The summed E-state index contributed by atoms with van der Waals surface area (Å²) in [5.74, 6) is -1.32. The Hall–Kier alpha value is -3.40. The van der Waals surface area contributed by atoms with E-state index in [1.807, 2.05) is 24.3 Å². The number of likely N-dealkylation sites (tertiary alicyclic amines) is 1. The van der Waals surface area contributed by atoms with Crippen molar-refractivity contribution in [2.75, 3.05) is 18.4 Å². The number of halogens is 1. The Balaban J connectivity index is 1.47. The zero-order valence-corrected chi connectivity index (χ0v) is 19.4. The van der Waals surface area contributed by atoms with Crippen molar-refractivity contribution in [1.82, 2.24) is 9.88 Å². The van der Waals surface area contributed by atoms with Gasteiger partial charge in [-0.1, -0.05) is 25.1 Å². The largest absolute Gasteiger partial charge is 0.481 e. The monoisotopic (exact) mass is 487 g/mol. The summed E-state index contributed by atoms with van der Waals surface area (Å²) in [6, 6.07) is 11.8. The van der Waals surface area contributed by atoms with Crippen molar-refractivity contribution in [2.45, 2.75) is 42.2 Å². The highest BCUT2D eigenvalue weighted by molar-refractivity contribution is 7.92. The molecule has 1 fully saturated rings. The third-order valence-electron chi connectivity index (χ3n) is 6.26. The van der Waals surface area contributed by atoms with Crippen LogP contribution in [0.3, 0.4) is 0 Å². The number of amides is 2. The number of hydrogen-bond donors (Lipinski definition) is 3. The van der Waals surface area contributed by atoms with E-state index in [0.29, 0.717) is 5.82 Å². The fourth-order valence-electron chi connectivity index (χ4n) is 4.51. The first-order valence-electron chi connectivity index (χ1n) is 11.0. The number of fused-ring (bicyclic) bond motifs is 1. The molecule has 3 N–H and O–H groups in total. The van der Waals surface area contributed by atoms with Gasteiger partial charge in [0.25, 0.3) is 0 Å². The third-order valence-corrected chi connectivity index (χ3v) is 8.54. The Bertz CT molecular complexity index is 1310. The number of hydrogen-bond acceptors (Lipinski definition) is 4. The topological polar surface area (TPSA) is 120 Å². The number of para-hydroxylation sites is 1. The van der Waals surface area contributed by atoms with Crippen molar-refractivity contribution in [3.8, 4) is 0 Å². The fourth-order valence-corrected chi connectivity index (χ4v) is 6.24. The number of aromatic nitrogens is 1. The Labute approximate surface area is 196 Å². The van der Waals surface area contributed by atoms with Crippen LogP contribution in [-0.4, -0.2) is 53.7 Å². The highest BCUT2D eigenvalue weighted by Crippen LogP contribution is 2.35. The summed E-state index contributed by atoms with van der Waals surface area (Å²) in [6.45, 7) is 2.29. The molecular formula is C24H26FN3O5S. The highest BCUT2D eigenvalue weighted by atomic mass is 32.2. The van der Waals surface area contributed by atoms with Crippen molar-refractivity contribution in [2.24, 2.45) is 0 Å². The van der Waals surface area contributed by atoms with E-state index < -0.39 is 26.9 Å². The summed E-state index contributed by atoms with van der Waals surface area (Å²) in [5, 5.41) is 12.3. The lowest BCUT2D eigenvalue weighted by atomic mass is 9.96. The summed E-state index contributed by atoms with van der Waals surface area (Å²) >= 11 is 0. The maximum absolute atomic E-state index is 13.2. The second kappa shape index (κ2) is 9.46. The molecule has 3 aromatic rings. The van der Waals surface area contributed by atoms with E-state index in [1.165, 1.54) is 12.1 Å². The number of rotatable bonds is 6. The second-order valence-electron chi connectivity index (χ2n) is 8.57. The van der Waals surface area contributed by atoms with Gasteiger partial charge in [0.05, 0.1) is 16.6 Å². The molecule has 1 aromatic heterocycles. The van der Waals surface area contributed by atoms with Crippen LogP contribution in [0.1, 0.15) is 37.7 Å². The van der Waals surface area contributed by atoms with Crippen molar-refractivity contribution in [1.29, 1.82) is 0 Å². The Morgan fingerprint density at radius 3 is 2.44 bits per heavy atom. The number of benzene rings is 2. The van der Waals surface area contributed by atoms with Crippen LogP contribution < -0.4 is 5.32 Å². The van der Waals surface area contributed by atoms with Crippen molar-refractivity contribution < 1.29 is 27.5 Å². The van der Waals surface area contributed by atoms with E-state index >= 15 is 0 Å². The zero-order chi connectivity index (χ0) is 24.5. The minimum atomic E-state index is -3.62. The lowest BCUT2D eigenvalue weighted by Gasteiger charge is -2.31. The normalized spacial score (nSPS) is 15.9. The van der Waals surface area contributed by atoms with Crippen LogP contribution in [0.2, 0.25) is 0 Å². The number of sulfone groups is 1. The van der Waals surface area contributed by atoms with Crippen LogP contribution in [0.25, 0.3) is 10.9 Å². The Morgan fingerprint density at radius 2 is 1.79 bits per heavy atom. The Kier molecular flexibility index (Phi) is 6.60. The van der Waals surface area contributed by atoms with Gasteiger partial charge in [0, 0.05) is 29.6 Å². The number of H-pyrrole nitrogens is 1. The van der Waals surface area contributed by atoms with Crippen LogP contribution in [0.4, 0.5) is 15.0 Å². The van der Waals surface area contributed by atoms with Crippen LogP contribution in [0.15, 0.2) is 53.4 Å². The maximum Gasteiger partial charge on any atom is 0.322 e. The number of carbonyl (C=O) groups excluding carboxylic acids is 1. The van der Waals surface area contributed by atoms with E-state index in [-0.39, 0.29) is 49.2 Å². The number of nitrogens with one attached hydrogen (secondary N) is 2. The molecule has 0 radical (unpaired) electrons. The van der Waals surface area contributed by atoms with E-state index in [2.05, 4.69) is 10.3 Å².